The van der Waals surface area contributed by atoms with Gasteiger partial charge in [-0.15, -0.1) is 11.3 Å². The average Bonchev–Trinajstić information content (AvgIpc) is 3.31. The predicted molar refractivity (Wildman–Crippen MR) is 112 cm³/mol. The van der Waals surface area contributed by atoms with Crippen molar-refractivity contribution in [1.82, 2.24) is 10.2 Å². The van der Waals surface area contributed by atoms with Crippen LogP contribution < -0.4 is 10.6 Å². The zero-order valence-electron chi connectivity index (χ0n) is 16.4. The smallest absolute Gasteiger partial charge is 0.325 e. The molecule has 150 valence electrons. The Balaban J connectivity index is 1.54. The maximum atomic E-state index is 12.4. The van der Waals surface area contributed by atoms with E-state index in [0.29, 0.717) is 18.8 Å². The van der Waals surface area contributed by atoms with E-state index >= 15 is 0 Å². The Morgan fingerprint density at radius 1 is 1.29 bits per heavy atom. The van der Waals surface area contributed by atoms with Crippen molar-refractivity contribution < 1.29 is 14.3 Å². The molecular weight excluding hydrogens is 374 g/mol. The Labute approximate surface area is 169 Å². The van der Waals surface area contributed by atoms with Crippen molar-refractivity contribution in [2.45, 2.75) is 39.3 Å². The summed E-state index contributed by atoms with van der Waals surface area (Å²) >= 11 is 1.66. The molecule has 0 bridgehead atoms. The highest BCUT2D eigenvalue weighted by atomic mass is 32.1. The predicted octanol–water partition coefficient (Wildman–Crippen LogP) is 3.69. The number of benzene rings is 1. The molecule has 7 heteroatoms. The van der Waals surface area contributed by atoms with E-state index in [0.717, 1.165) is 30.6 Å². The Morgan fingerprint density at radius 2 is 2.14 bits per heavy atom. The zero-order chi connectivity index (χ0) is 19.9. The minimum atomic E-state index is -0.509. The summed E-state index contributed by atoms with van der Waals surface area (Å²) in [6, 6.07) is 9.30. The van der Waals surface area contributed by atoms with Gasteiger partial charge in [-0.1, -0.05) is 23.8 Å². The largest absolute Gasteiger partial charge is 0.377 e. The number of aryl methyl sites for hydroxylation is 2. The number of rotatable bonds is 7. The molecule has 1 aliphatic rings. The van der Waals surface area contributed by atoms with Gasteiger partial charge in [0, 0.05) is 30.3 Å². The molecule has 2 aromatic rings. The molecule has 0 saturated carbocycles. The first kappa shape index (κ1) is 20.5. The molecular formula is C21H27N3O3S. The number of urea groups is 1. The van der Waals surface area contributed by atoms with Gasteiger partial charge in [0.15, 0.2) is 0 Å². The van der Waals surface area contributed by atoms with Gasteiger partial charge in [-0.25, -0.2) is 4.79 Å². The van der Waals surface area contributed by atoms with Crippen LogP contribution in [0, 0.1) is 13.8 Å². The van der Waals surface area contributed by atoms with Crippen LogP contribution in [0.25, 0.3) is 0 Å². The molecule has 1 atom stereocenters. The fourth-order valence-corrected chi connectivity index (χ4v) is 4.11. The van der Waals surface area contributed by atoms with E-state index in [1.54, 1.807) is 11.3 Å². The monoisotopic (exact) mass is 401 g/mol. The first-order valence-corrected chi connectivity index (χ1v) is 10.4. The van der Waals surface area contributed by atoms with Crippen LogP contribution in [0.1, 0.15) is 28.8 Å². The second-order valence-corrected chi connectivity index (χ2v) is 8.24. The van der Waals surface area contributed by atoms with Gasteiger partial charge in [0.2, 0.25) is 5.91 Å². The average molecular weight is 402 g/mol. The van der Waals surface area contributed by atoms with Gasteiger partial charge >= 0.3 is 6.03 Å². The maximum absolute atomic E-state index is 12.4. The van der Waals surface area contributed by atoms with Crippen LogP contribution in [-0.2, 0) is 16.1 Å². The van der Waals surface area contributed by atoms with Crippen LogP contribution in [0.2, 0.25) is 0 Å². The van der Waals surface area contributed by atoms with Crippen molar-refractivity contribution in [3.05, 3.63) is 51.7 Å². The highest BCUT2D eigenvalue weighted by Crippen LogP contribution is 2.17. The van der Waals surface area contributed by atoms with Gasteiger partial charge in [0.25, 0.3) is 0 Å². The number of anilines is 1. The lowest BCUT2D eigenvalue weighted by atomic mass is 10.1. The van der Waals surface area contributed by atoms with Crippen LogP contribution in [0.5, 0.6) is 0 Å². The number of carbonyl (C=O) groups is 2. The molecule has 0 unspecified atom stereocenters. The second-order valence-electron chi connectivity index (χ2n) is 7.20. The molecule has 1 aliphatic heterocycles. The van der Waals surface area contributed by atoms with E-state index in [1.165, 1.54) is 4.88 Å². The summed E-state index contributed by atoms with van der Waals surface area (Å²) in [4.78, 5) is 27.9. The van der Waals surface area contributed by atoms with Gasteiger partial charge in [-0.2, -0.15) is 0 Å². The number of amides is 3. The molecule has 0 aliphatic carbocycles. The highest BCUT2D eigenvalue weighted by Gasteiger charge is 2.22. The molecule has 2 heterocycles. The molecule has 28 heavy (non-hydrogen) atoms. The Kier molecular flexibility index (Phi) is 7.19. The third kappa shape index (κ3) is 6.15. The third-order valence-corrected chi connectivity index (χ3v) is 5.56. The van der Waals surface area contributed by atoms with Gasteiger partial charge in [-0.05, 0) is 49.8 Å². The summed E-state index contributed by atoms with van der Waals surface area (Å²) in [7, 11) is 0. The standard InChI is InChI=1S/C21H27N3O3S/c1-15-7-8-19(16(2)11-15)22-21(26)23-20(25)14-24(12-17-5-3-9-27-17)13-18-6-4-10-28-18/h4,6-8,10-11,17H,3,5,9,12-14H2,1-2H3,(H2,22,23,25,26)/t17-/m0/s1. The summed E-state index contributed by atoms with van der Waals surface area (Å²) in [5.41, 5.74) is 2.78. The third-order valence-electron chi connectivity index (χ3n) is 4.70. The minimum Gasteiger partial charge on any atom is -0.377 e. The molecule has 6 nitrogen and oxygen atoms in total. The summed E-state index contributed by atoms with van der Waals surface area (Å²) < 4.78 is 5.72. The van der Waals surface area contributed by atoms with Crippen LogP contribution in [0.15, 0.2) is 35.7 Å². The maximum Gasteiger partial charge on any atom is 0.325 e. The van der Waals surface area contributed by atoms with E-state index in [1.807, 2.05) is 48.4 Å². The quantitative estimate of drug-likeness (QED) is 0.742. The molecule has 0 spiro atoms. The molecule has 1 fully saturated rings. The molecule has 1 saturated heterocycles. The highest BCUT2D eigenvalue weighted by molar-refractivity contribution is 7.09. The minimum absolute atomic E-state index is 0.150. The molecule has 3 amide bonds. The van der Waals surface area contributed by atoms with Crippen molar-refractivity contribution in [3.8, 4) is 0 Å². The van der Waals surface area contributed by atoms with Crippen LogP contribution in [-0.4, -0.2) is 42.6 Å². The van der Waals surface area contributed by atoms with Crippen molar-refractivity contribution in [3.63, 3.8) is 0 Å². The Hall–Kier alpha value is -2.22. The number of hydrogen-bond acceptors (Lipinski definition) is 5. The van der Waals surface area contributed by atoms with E-state index in [4.69, 9.17) is 4.74 Å². The SMILES string of the molecule is Cc1ccc(NC(=O)NC(=O)CN(Cc2cccs2)C[C@@H]2CCCO2)c(C)c1. The van der Waals surface area contributed by atoms with E-state index in [2.05, 4.69) is 16.7 Å². The zero-order valence-corrected chi connectivity index (χ0v) is 17.2. The number of thiophene rings is 1. The number of carbonyl (C=O) groups excluding carboxylic acids is 2. The molecule has 3 rings (SSSR count). The number of hydrogen-bond donors (Lipinski definition) is 2. The first-order valence-electron chi connectivity index (χ1n) is 9.54. The summed E-state index contributed by atoms with van der Waals surface area (Å²) in [6.45, 7) is 6.21. The van der Waals surface area contributed by atoms with Crippen molar-refractivity contribution in [2.24, 2.45) is 0 Å². The fourth-order valence-electron chi connectivity index (χ4n) is 3.36. The summed E-state index contributed by atoms with van der Waals surface area (Å²) in [5, 5.41) is 7.21. The lowest BCUT2D eigenvalue weighted by molar-refractivity contribution is -0.121. The normalized spacial score (nSPS) is 16.3. The summed E-state index contributed by atoms with van der Waals surface area (Å²) in [5.74, 6) is -0.322. The van der Waals surface area contributed by atoms with Crippen LogP contribution >= 0.6 is 11.3 Å². The van der Waals surface area contributed by atoms with Crippen molar-refractivity contribution >= 4 is 29.0 Å². The van der Waals surface area contributed by atoms with Gasteiger partial charge in [0.1, 0.15) is 0 Å². The van der Waals surface area contributed by atoms with Crippen molar-refractivity contribution in [1.29, 1.82) is 0 Å². The first-order chi connectivity index (χ1) is 13.5. The topological polar surface area (TPSA) is 70.7 Å². The number of imide groups is 1. The van der Waals surface area contributed by atoms with Gasteiger partial charge in [-0.3, -0.25) is 15.0 Å². The van der Waals surface area contributed by atoms with Crippen LogP contribution in [0.3, 0.4) is 0 Å². The molecule has 0 radical (unpaired) electrons. The molecule has 1 aromatic carbocycles. The molecule has 1 aromatic heterocycles. The van der Waals surface area contributed by atoms with Crippen molar-refractivity contribution in [2.75, 3.05) is 25.0 Å². The summed E-state index contributed by atoms with van der Waals surface area (Å²) in [6.07, 6.45) is 2.22. The van der Waals surface area contributed by atoms with E-state index in [-0.39, 0.29) is 18.6 Å². The Bertz CT molecular complexity index is 801. The number of ether oxygens (including phenoxy) is 1. The van der Waals surface area contributed by atoms with Gasteiger partial charge in [0.05, 0.1) is 12.6 Å². The number of nitrogens with zero attached hydrogens (tertiary/aromatic N) is 1. The van der Waals surface area contributed by atoms with E-state index in [9.17, 15) is 9.59 Å². The van der Waals surface area contributed by atoms with Gasteiger partial charge < -0.3 is 10.1 Å². The molecule has 2 N–H and O–H groups in total. The second kappa shape index (κ2) is 9.82. The lowest BCUT2D eigenvalue weighted by Crippen LogP contribution is -2.43. The van der Waals surface area contributed by atoms with Crippen LogP contribution in [0.4, 0.5) is 10.5 Å². The Morgan fingerprint density at radius 3 is 2.82 bits per heavy atom. The van der Waals surface area contributed by atoms with E-state index < -0.39 is 6.03 Å². The lowest BCUT2D eigenvalue weighted by Gasteiger charge is -2.24. The fraction of sp³-hybridized carbons (Fsp3) is 0.429. The number of nitrogens with one attached hydrogen (secondary N) is 2.